The van der Waals surface area contributed by atoms with Crippen molar-refractivity contribution in [2.75, 3.05) is 6.54 Å². The Morgan fingerprint density at radius 1 is 1.33 bits per heavy atom. The van der Waals surface area contributed by atoms with Crippen LogP contribution in [0.2, 0.25) is 5.02 Å². The summed E-state index contributed by atoms with van der Waals surface area (Å²) in [7, 11) is 0. The van der Waals surface area contributed by atoms with Crippen LogP contribution in [-0.4, -0.2) is 22.2 Å². The summed E-state index contributed by atoms with van der Waals surface area (Å²) in [6.45, 7) is 8.69. The van der Waals surface area contributed by atoms with Crippen LogP contribution in [0.4, 0.5) is 0 Å². The second-order valence-corrected chi connectivity index (χ2v) is 7.01. The van der Waals surface area contributed by atoms with Crippen molar-refractivity contribution < 1.29 is 4.79 Å². The number of carbonyl (C=O) groups excluding carboxylic acids is 1. The van der Waals surface area contributed by atoms with Crippen LogP contribution >= 0.6 is 11.6 Å². The zero-order valence-corrected chi connectivity index (χ0v) is 15.4. The lowest BCUT2D eigenvalue weighted by Gasteiger charge is -2.18. The van der Waals surface area contributed by atoms with Gasteiger partial charge < -0.3 is 5.32 Å². The van der Waals surface area contributed by atoms with Crippen LogP contribution in [0.1, 0.15) is 44.5 Å². The van der Waals surface area contributed by atoms with E-state index in [2.05, 4.69) is 10.4 Å². The molecule has 0 saturated carbocycles. The van der Waals surface area contributed by atoms with E-state index in [1.165, 1.54) is 0 Å². The quantitative estimate of drug-likeness (QED) is 0.633. The molecular weight excluding hydrogens is 322 g/mol. The minimum atomic E-state index is -0.223. The Bertz CT molecular complexity index is 741. The molecule has 0 aliphatic rings. The molecule has 1 N–H and O–H groups in total. The van der Waals surface area contributed by atoms with Crippen molar-refractivity contribution in [1.29, 1.82) is 0 Å². The van der Waals surface area contributed by atoms with E-state index in [-0.39, 0.29) is 11.4 Å². The maximum atomic E-state index is 12.6. The van der Waals surface area contributed by atoms with Gasteiger partial charge in [-0.25, -0.2) is 0 Å². The summed E-state index contributed by atoms with van der Waals surface area (Å²) in [5.74, 6) is -0.134. The molecule has 0 fully saturated rings. The Morgan fingerprint density at radius 2 is 2.04 bits per heavy atom. The Morgan fingerprint density at radius 3 is 2.67 bits per heavy atom. The monoisotopic (exact) mass is 345 g/mol. The topological polar surface area (TPSA) is 46.9 Å². The SMILES string of the molecule is C/C=C/CCNC(=O)c1cn(C(C)(C)C)nc1-c1ccccc1Cl. The van der Waals surface area contributed by atoms with Crippen LogP contribution in [0.3, 0.4) is 0 Å². The van der Waals surface area contributed by atoms with Crippen molar-refractivity contribution in [3.63, 3.8) is 0 Å². The number of amides is 1. The van der Waals surface area contributed by atoms with Gasteiger partial charge in [-0.3, -0.25) is 9.48 Å². The maximum Gasteiger partial charge on any atom is 0.255 e. The number of halogens is 1. The van der Waals surface area contributed by atoms with Crippen LogP contribution in [-0.2, 0) is 5.54 Å². The van der Waals surface area contributed by atoms with E-state index >= 15 is 0 Å². The lowest BCUT2D eigenvalue weighted by Crippen LogP contribution is -2.25. The number of aromatic nitrogens is 2. The number of nitrogens with one attached hydrogen (secondary N) is 1. The molecule has 4 nitrogen and oxygen atoms in total. The largest absolute Gasteiger partial charge is 0.352 e. The third-order valence-electron chi connectivity index (χ3n) is 3.61. The molecule has 1 heterocycles. The molecule has 0 aliphatic heterocycles. The van der Waals surface area contributed by atoms with Gasteiger partial charge in [-0.2, -0.15) is 5.10 Å². The lowest BCUT2D eigenvalue weighted by molar-refractivity contribution is 0.0955. The Hall–Kier alpha value is -2.07. The first-order valence-corrected chi connectivity index (χ1v) is 8.46. The van der Waals surface area contributed by atoms with Gasteiger partial charge in [0.05, 0.1) is 16.1 Å². The molecule has 5 heteroatoms. The molecule has 1 aromatic carbocycles. The normalized spacial score (nSPS) is 11.9. The van der Waals surface area contributed by atoms with Gasteiger partial charge in [0.2, 0.25) is 0 Å². The molecule has 0 atom stereocenters. The summed E-state index contributed by atoms with van der Waals surface area (Å²) in [6.07, 6.45) is 6.59. The molecule has 0 bridgehead atoms. The Balaban J connectivity index is 2.40. The molecule has 0 saturated heterocycles. The van der Waals surface area contributed by atoms with Crippen LogP contribution in [0.25, 0.3) is 11.3 Å². The van der Waals surface area contributed by atoms with E-state index in [4.69, 9.17) is 11.6 Å². The van der Waals surface area contributed by atoms with Gasteiger partial charge in [-0.15, -0.1) is 0 Å². The first-order valence-electron chi connectivity index (χ1n) is 8.09. The summed E-state index contributed by atoms with van der Waals surface area (Å²) in [5, 5.41) is 8.16. The van der Waals surface area contributed by atoms with Crippen molar-refractivity contribution in [3.8, 4) is 11.3 Å². The summed E-state index contributed by atoms with van der Waals surface area (Å²) >= 11 is 6.31. The molecule has 1 aromatic heterocycles. The fourth-order valence-corrected chi connectivity index (χ4v) is 2.49. The van der Waals surface area contributed by atoms with E-state index in [0.29, 0.717) is 22.8 Å². The molecule has 1 amide bonds. The predicted octanol–water partition coefficient (Wildman–Crippen LogP) is 4.65. The van der Waals surface area contributed by atoms with Crippen LogP contribution in [0.15, 0.2) is 42.6 Å². The number of allylic oxidation sites excluding steroid dienone is 1. The summed E-state index contributed by atoms with van der Waals surface area (Å²) in [5.41, 5.74) is 1.69. The maximum absolute atomic E-state index is 12.6. The fraction of sp³-hybridized carbons (Fsp3) is 0.368. The van der Waals surface area contributed by atoms with Gasteiger partial charge in [0.1, 0.15) is 5.69 Å². The highest BCUT2D eigenvalue weighted by atomic mass is 35.5. The first kappa shape index (κ1) is 18.3. The number of hydrogen-bond donors (Lipinski definition) is 1. The molecule has 0 unspecified atom stereocenters. The number of carbonyl (C=O) groups is 1. The van der Waals surface area contributed by atoms with E-state index in [1.807, 2.05) is 62.7 Å². The standard InChI is InChI=1S/C19H24ClN3O/c1-5-6-9-12-21-18(24)15-13-23(19(2,3)4)22-17(15)14-10-7-8-11-16(14)20/h5-8,10-11,13H,9,12H2,1-4H3,(H,21,24)/b6-5+. The van der Waals surface area contributed by atoms with Crippen LogP contribution in [0, 0.1) is 0 Å². The van der Waals surface area contributed by atoms with Gasteiger partial charge in [-0.1, -0.05) is 42.0 Å². The predicted molar refractivity (Wildman–Crippen MR) is 99.4 cm³/mol. The van der Waals surface area contributed by atoms with Gasteiger partial charge >= 0.3 is 0 Å². The highest BCUT2D eigenvalue weighted by Gasteiger charge is 2.23. The van der Waals surface area contributed by atoms with Crippen molar-refractivity contribution in [1.82, 2.24) is 15.1 Å². The molecule has 0 spiro atoms. The highest BCUT2D eigenvalue weighted by molar-refractivity contribution is 6.33. The number of hydrogen-bond acceptors (Lipinski definition) is 2. The summed E-state index contributed by atoms with van der Waals surface area (Å²) in [6, 6.07) is 7.45. The van der Waals surface area contributed by atoms with Crippen molar-refractivity contribution in [2.24, 2.45) is 0 Å². The minimum absolute atomic E-state index is 0.134. The second kappa shape index (κ2) is 7.67. The second-order valence-electron chi connectivity index (χ2n) is 6.60. The Kier molecular flexibility index (Phi) is 5.84. The van der Waals surface area contributed by atoms with Crippen LogP contribution < -0.4 is 5.32 Å². The molecule has 24 heavy (non-hydrogen) atoms. The molecule has 0 radical (unpaired) electrons. The zero-order valence-electron chi connectivity index (χ0n) is 14.6. The fourth-order valence-electron chi connectivity index (χ4n) is 2.27. The summed E-state index contributed by atoms with van der Waals surface area (Å²) < 4.78 is 1.81. The van der Waals surface area contributed by atoms with Crippen LogP contribution in [0.5, 0.6) is 0 Å². The summed E-state index contributed by atoms with van der Waals surface area (Å²) in [4.78, 5) is 12.6. The van der Waals surface area contributed by atoms with E-state index in [9.17, 15) is 4.79 Å². The number of benzene rings is 1. The minimum Gasteiger partial charge on any atom is -0.352 e. The molecular formula is C19H24ClN3O. The zero-order chi connectivity index (χ0) is 17.7. The van der Waals surface area contributed by atoms with E-state index in [1.54, 1.807) is 12.3 Å². The third kappa shape index (κ3) is 4.26. The van der Waals surface area contributed by atoms with Gasteiger partial charge in [-0.05, 0) is 40.2 Å². The van der Waals surface area contributed by atoms with Crippen molar-refractivity contribution in [2.45, 2.75) is 39.7 Å². The van der Waals surface area contributed by atoms with Gasteiger partial charge in [0.15, 0.2) is 0 Å². The Labute approximate surface area is 148 Å². The number of nitrogens with zero attached hydrogens (tertiary/aromatic N) is 2. The smallest absolute Gasteiger partial charge is 0.255 e. The molecule has 0 aliphatic carbocycles. The average Bonchev–Trinajstić information content (AvgIpc) is 2.97. The molecule has 128 valence electrons. The first-order chi connectivity index (χ1) is 11.3. The van der Waals surface area contributed by atoms with Gasteiger partial charge in [0, 0.05) is 18.3 Å². The van der Waals surface area contributed by atoms with E-state index in [0.717, 1.165) is 12.0 Å². The van der Waals surface area contributed by atoms with Crippen molar-refractivity contribution in [3.05, 3.63) is 53.2 Å². The molecule has 2 rings (SSSR count). The van der Waals surface area contributed by atoms with Gasteiger partial charge in [0.25, 0.3) is 5.91 Å². The average molecular weight is 346 g/mol. The highest BCUT2D eigenvalue weighted by Crippen LogP contribution is 2.30. The third-order valence-corrected chi connectivity index (χ3v) is 3.94. The molecule has 2 aromatic rings. The van der Waals surface area contributed by atoms with Crippen molar-refractivity contribution >= 4 is 17.5 Å². The number of rotatable bonds is 5. The van der Waals surface area contributed by atoms with E-state index < -0.39 is 0 Å². The lowest BCUT2D eigenvalue weighted by atomic mass is 10.1.